The maximum atomic E-state index is 12.7. The number of carbonyl (C=O) groups excluding carboxylic acids is 2. The van der Waals surface area contributed by atoms with Crippen molar-refractivity contribution in [3.8, 4) is 11.8 Å². The molecule has 0 atom stereocenters. The average Bonchev–Trinajstić information content (AvgIpc) is 2.95. The summed E-state index contributed by atoms with van der Waals surface area (Å²) in [5.74, 6) is -0.0390. The number of aromatic nitrogens is 2. The van der Waals surface area contributed by atoms with Crippen LogP contribution < -0.4 is 20.7 Å². The second-order valence-corrected chi connectivity index (χ2v) is 9.81. The van der Waals surface area contributed by atoms with Gasteiger partial charge in [-0.1, -0.05) is 17.7 Å². The van der Waals surface area contributed by atoms with E-state index in [1.807, 2.05) is 25.9 Å². The highest BCUT2D eigenvalue weighted by atomic mass is 35.5. The van der Waals surface area contributed by atoms with Gasteiger partial charge in [0, 0.05) is 36.0 Å². The van der Waals surface area contributed by atoms with Crippen LogP contribution in [0, 0.1) is 11.3 Å². The minimum absolute atomic E-state index is 0.138. The molecule has 11 heteroatoms. The summed E-state index contributed by atoms with van der Waals surface area (Å²) in [6.45, 7) is 3.05. The van der Waals surface area contributed by atoms with Crippen LogP contribution in [0.15, 0.2) is 60.9 Å². The zero-order chi connectivity index (χ0) is 29.4. The molecule has 0 aliphatic carbocycles. The SMILES string of the molecule is CCOc1cc2ncc(C#N)c(Nc3ccc(NC(=O)c4ccccn4)c(Cl)c3)c2cc1NC(=O)CCCN(C)C. The average molecular weight is 572 g/mol. The Bertz CT molecular complexity index is 1600. The normalized spacial score (nSPS) is 10.7. The van der Waals surface area contributed by atoms with Gasteiger partial charge in [-0.2, -0.15) is 5.26 Å². The number of hydrogen-bond acceptors (Lipinski definition) is 8. The van der Waals surface area contributed by atoms with E-state index in [4.69, 9.17) is 16.3 Å². The molecule has 4 aromatic rings. The maximum Gasteiger partial charge on any atom is 0.274 e. The van der Waals surface area contributed by atoms with Crippen LogP contribution in [0.3, 0.4) is 0 Å². The minimum atomic E-state index is -0.388. The van der Waals surface area contributed by atoms with Gasteiger partial charge in [-0.25, -0.2) is 0 Å². The van der Waals surface area contributed by atoms with Crippen molar-refractivity contribution in [2.45, 2.75) is 19.8 Å². The molecule has 210 valence electrons. The second kappa shape index (κ2) is 13.6. The highest BCUT2D eigenvalue weighted by Crippen LogP contribution is 2.37. The summed E-state index contributed by atoms with van der Waals surface area (Å²) < 4.78 is 5.79. The van der Waals surface area contributed by atoms with Crippen LogP contribution >= 0.6 is 11.6 Å². The first-order valence-electron chi connectivity index (χ1n) is 13.0. The molecule has 0 radical (unpaired) electrons. The second-order valence-electron chi connectivity index (χ2n) is 9.40. The quantitative estimate of drug-likeness (QED) is 0.205. The van der Waals surface area contributed by atoms with Gasteiger partial charge in [0.15, 0.2) is 0 Å². The molecule has 2 aromatic heterocycles. The number of halogens is 1. The van der Waals surface area contributed by atoms with E-state index < -0.39 is 0 Å². The largest absolute Gasteiger partial charge is 0.492 e. The summed E-state index contributed by atoms with van der Waals surface area (Å²) in [6.07, 6.45) is 4.07. The van der Waals surface area contributed by atoms with E-state index >= 15 is 0 Å². The summed E-state index contributed by atoms with van der Waals surface area (Å²) in [5, 5.41) is 19.7. The third-order valence-electron chi connectivity index (χ3n) is 6.06. The summed E-state index contributed by atoms with van der Waals surface area (Å²) in [4.78, 5) is 35.7. The predicted molar refractivity (Wildman–Crippen MR) is 161 cm³/mol. The molecule has 0 saturated carbocycles. The number of benzene rings is 2. The molecule has 0 bridgehead atoms. The number of ether oxygens (including phenoxy) is 1. The minimum Gasteiger partial charge on any atom is -0.492 e. The zero-order valence-electron chi connectivity index (χ0n) is 23.0. The summed E-state index contributed by atoms with van der Waals surface area (Å²) in [5.41, 5.74) is 3.11. The Morgan fingerprint density at radius 3 is 2.59 bits per heavy atom. The van der Waals surface area contributed by atoms with Crippen LogP contribution in [0.2, 0.25) is 5.02 Å². The molecule has 0 saturated heterocycles. The molecule has 41 heavy (non-hydrogen) atoms. The molecule has 2 aromatic carbocycles. The molecule has 0 aliphatic rings. The van der Waals surface area contributed by atoms with Gasteiger partial charge < -0.3 is 25.6 Å². The molecule has 0 fully saturated rings. The van der Waals surface area contributed by atoms with E-state index in [9.17, 15) is 14.9 Å². The zero-order valence-corrected chi connectivity index (χ0v) is 23.7. The fraction of sp³-hybridized carbons (Fsp3) is 0.233. The van der Waals surface area contributed by atoms with Crippen molar-refractivity contribution < 1.29 is 14.3 Å². The van der Waals surface area contributed by atoms with Crippen molar-refractivity contribution in [3.05, 3.63) is 77.2 Å². The molecule has 2 heterocycles. The first kappa shape index (κ1) is 29.3. The number of nitrogens with one attached hydrogen (secondary N) is 3. The molecular formula is C30H30ClN7O3. The molecule has 0 aliphatic heterocycles. The molecule has 0 unspecified atom stereocenters. The van der Waals surface area contributed by atoms with E-state index in [-0.39, 0.29) is 17.5 Å². The third-order valence-corrected chi connectivity index (χ3v) is 6.37. The fourth-order valence-electron chi connectivity index (χ4n) is 4.10. The summed E-state index contributed by atoms with van der Waals surface area (Å²) in [6, 6.07) is 15.8. The molecule has 2 amide bonds. The van der Waals surface area contributed by atoms with Crippen molar-refractivity contribution in [2.75, 3.05) is 43.2 Å². The fourth-order valence-corrected chi connectivity index (χ4v) is 4.33. The van der Waals surface area contributed by atoms with Gasteiger partial charge in [0.2, 0.25) is 5.91 Å². The molecule has 0 spiro atoms. The van der Waals surface area contributed by atoms with Crippen molar-refractivity contribution in [1.29, 1.82) is 5.26 Å². The smallest absolute Gasteiger partial charge is 0.274 e. The van der Waals surface area contributed by atoms with E-state index in [1.54, 1.807) is 48.5 Å². The molecule has 3 N–H and O–H groups in total. The highest BCUT2D eigenvalue weighted by molar-refractivity contribution is 6.34. The first-order chi connectivity index (χ1) is 19.8. The van der Waals surface area contributed by atoms with Crippen molar-refractivity contribution >= 4 is 57.1 Å². The monoisotopic (exact) mass is 571 g/mol. The van der Waals surface area contributed by atoms with Gasteiger partial charge in [0.25, 0.3) is 5.91 Å². The number of pyridine rings is 2. The van der Waals surface area contributed by atoms with Crippen LogP contribution in [-0.4, -0.2) is 53.9 Å². The van der Waals surface area contributed by atoms with Crippen LogP contribution in [0.25, 0.3) is 10.9 Å². The Morgan fingerprint density at radius 2 is 1.90 bits per heavy atom. The number of amides is 2. The van der Waals surface area contributed by atoms with E-state index in [2.05, 4.69) is 32.0 Å². The van der Waals surface area contributed by atoms with Gasteiger partial charge in [-0.05, 0) is 70.4 Å². The van der Waals surface area contributed by atoms with Crippen LogP contribution in [0.1, 0.15) is 35.8 Å². The van der Waals surface area contributed by atoms with Gasteiger partial charge in [-0.15, -0.1) is 0 Å². The number of nitriles is 1. The first-order valence-corrected chi connectivity index (χ1v) is 13.4. The number of rotatable bonds is 11. The van der Waals surface area contributed by atoms with E-state index in [0.717, 1.165) is 6.54 Å². The van der Waals surface area contributed by atoms with Crippen molar-refractivity contribution in [3.63, 3.8) is 0 Å². The number of nitrogens with zero attached hydrogens (tertiary/aromatic N) is 4. The Balaban J connectivity index is 1.64. The molecule has 10 nitrogen and oxygen atoms in total. The topological polar surface area (TPSA) is 132 Å². The predicted octanol–water partition coefficient (Wildman–Crippen LogP) is 5.83. The molecular weight excluding hydrogens is 542 g/mol. The third kappa shape index (κ3) is 7.48. The van der Waals surface area contributed by atoms with Gasteiger partial charge in [0.05, 0.1) is 39.8 Å². The van der Waals surface area contributed by atoms with Crippen LogP contribution in [-0.2, 0) is 4.79 Å². The van der Waals surface area contributed by atoms with Gasteiger partial charge in [0.1, 0.15) is 17.5 Å². The van der Waals surface area contributed by atoms with Crippen LogP contribution in [0.5, 0.6) is 5.75 Å². The van der Waals surface area contributed by atoms with Crippen molar-refractivity contribution in [2.24, 2.45) is 0 Å². The number of fused-ring (bicyclic) bond motifs is 1. The Hall–Kier alpha value is -4.72. The lowest BCUT2D eigenvalue weighted by molar-refractivity contribution is -0.116. The van der Waals surface area contributed by atoms with E-state index in [0.29, 0.717) is 69.4 Å². The summed E-state index contributed by atoms with van der Waals surface area (Å²) >= 11 is 6.50. The number of anilines is 4. The van der Waals surface area contributed by atoms with Gasteiger partial charge in [-0.3, -0.25) is 19.6 Å². The van der Waals surface area contributed by atoms with Crippen LogP contribution in [0.4, 0.5) is 22.7 Å². The van der Waals surface area contributed by atoms with Crippen molar-refractivity contribution in [1.82, 2.24) is 14.9 Å². The maximum absolute atomic E-state index is 12.7. The highest BCUT2D eigenvalue weighted by Gasteiger charge is 2.17. The number of hydrogen-bond donors (Lipinski definition) is 3. The summed E-state index contributed by atoms with van der Waals surface area (Å²) in [7, 11) is 3.92. The lowest BCUT2D eigenvalue weighted by Crippen LogP contribution is -2.17. The van der Waals surface area contributed by atoms with Gasteiger partial charge >= 0.3 is 0 Å². The lowest BCUT2D eigenvalue weighted by Gasteiger charge is -2.17. The lowest BCUT2D eigenvalue weighted by atomic mass is 10.1. The molecule has 4 rings (SSSR count). The Morgan fingerprint density at radius 1 is 1.07 bits per heavy atom. The standard InChI is InChI=1S/C30H30ClN7O3/c1-4-41-27-16-25-21(15-26(27)36-28(39)9-7-13-38(2)3)29(19(17-32)18-34-25)35-20-10-11-23(22(31)14-20)37-30(40)24-8-5-6-12-33-24/h5-6,8,10-12,14-16,18H,4,7,9,13H2,1-3H3,(H,34,35)(H,36,39)(H,37,40). The Kier molecular flexibility index (Phi) is 9.68. The Labute approximate surface area is 243 Å². The number of carbonyl (C=O) groups is 2. The van der Waals surface area contributed by atoms with E-state index in [1.165, 1.54) is 12.4 Å².